The minimum Gasteiger partial charge on any atom is -0.267 e. The summed E-state index contributed by atoms with van der Waals surface area (Å²) in [6, 6.07) is 15.4. The van der Waals surface area contributed by atoms with Crippen LogP contribution in [-0.2, 0) is 23.1 Å². The van der Waals surface area contributed by atoms with Crippen LogP contribution in [0.25, 0.3) is 0 Å². The molecule has 1 heterocycles. The molecule has 0 N–H and O–H groups in total. The van der Waals surface area contributed by atoms with Gasteiger partial charge in [-0.3, -0.25) is 4.68 Å². The van der Waals surface area contributed by atoms with Crippen molar-refractivity contribution < 1.29 is 12.8 Å². The molecule has 3 rings (SSSR count). The van der Waals surface area contributed by atoms with Crippen molar-refractivity contribution in [2.24, 2.45) is 0 Å². The first-order valence-corrected chi connectivity index (χ1v) is 9.16. The van der Waals surface area contributed by atoms with Crippen LogP contribution in [0.2, 0.25) is 0 Å². The van der Waals surface area contributed by atoms with Crippen LogP contribution in [0.4, 0.5) is 4.39 Å². The van der Waals surface area contributed by atoms with Crippen LogP contribution in [0.5, 0.6) is 0 Å². The van der Waals surface area contributed by atoms with Gasteiger partial charge in [0.2, 0.25) is 10.0 Å². The van der Waals surface area contributed by atoms with E-state index < -0.39 is 10.0 Å². The Bertz CT molecular complexity index is 938. The second-order valence-corrected chi connectivity index (χ2v) is 7.79. The van der Waals surface area contributed by atoms with E-state index in [4.69, 9.17) is 0 Å². The van der Waals surface area contributed by atoms with Crippen LogP contribution in [0.3, 0.4) is 0 Å². The van der Waals surface area contributed by atoms with E-state index in [9.17, 15) is 12.8 Å². The van der Waals surface area contributed by atoms with Crippen molar-refractivity contribution in [3.8, 4) is 0 Å². The number of rotatable bonds is 6. The van der Waals surface area contributed by atoms with Gasteiger partial charge in [0.15, 0.2) is 0 Å². The van der Waals surface area contributed by atoms with E-state index in [2.05, 4.69) is 5.10 Å². The minimum absolute atomic E-state index is 0.132. The summed E-state index contributed by atoms with van der Waals surface area (Å²) in [7, 11) is -2.17. The lowest BCUT2D eigenvalue weighted by molar-refractivity contribution is 0.466. The highest BCUT2D eigenvalue weighted by Crippen LogP contribution is 2.17. The zero-order valence-electron chi connectivity index (χ0n) is 13.7. The molecule has 0 saturated carbocycles. The molecule has 5 nitrogen and oxygen atoms in total. The summed E-state index contributed by atoms with van der Waals surface area (Å²) in [5.41, 5.74) is 1.75. The van der Waals surface area contributed by atoms with Gasteiger partial charge in [-0.05, 0) is 23.3 Å². The molecule has 25 heavy (non-hydrogen) atoms. The maximum Gasteiger partial charge on any atom is 0.246 e. The summed E-state index contributed by atoms with van der Waals surface area (Å²) in [5.74, 6) is -0.351. The molecule has 7 heteroatoms. The molecule has 0 saturated heterocycles. The lowest BCUT2D eigenvalue weighted by atomic mass is 10.2. The number of sulfonamides is 1. The summed E-state index contributed by atoms with van der Waals surface area (Å²) in [4.78, 5) is 0.132. The summed E-state index contributed by atoms with van der Waals surface area (Å²) in [6.07, 6.45) is 2.86. The molecule has 0 aliphatic carbocycles. The van der Waals surface area contributed by atoms with E-state index in [1.54, 1.807) is 16.8 Å². The van der Waals surface area contributed by atoms with Crippen molar-refractivity contribution in [2.75, 3.05) is 7.05 Å². The maximum atomic E-state index is 13.0. The molecule has 0 radical (unpaired) electrons. The third-order valence-corrected chi connectivity index (χ3v) is 5.58. The van der Waals surface area contributed by atoms with E-state index in [1.165, 1.54) is 35.9 Å². The third-order valence-electron chi connectivity index (χ3n) is 3.82. The highest BCUT2D eigenvalue weighted by atomic mass is 32.2. The van der Waals surface area contributed by atoms with Crippen molar-refractivity contribution in [3.05, 3.63) is 83.9 Å². The predicted molar refractivity (Wildman–Crippen MR) is 92.8 cm³/mol. The zero-order chi connectivity index (χ0) is 17.9. The zero-order valence-corrected chi connectivity index (χ0v) is 14.5. The maximum absolute atomic E-state index is 13.0. The van der Waals surface area contributed by atoms with Gasteiger partial charge in [-0.1, -0.05) is 42.5 Å². The van der Waals surface area contributed by atoms with Crippen molar-refractivity contribution in [3.63, 3.8) is 0 Å². The standard InChI is InChI=1S/C18H18FN3O2S/c1-21(12-16-7-9-17(19)10-8-16)25(23,24)18-11-20-22(14-18)13-15-5-3-2-4-6-15/h2-11,14H,12-13H2,1H3. The summed E-state index contributed by atoms with van der Waals surface area (Å²) in [5, 5.41) is 4.14. The van der Waals surface area contributed by atoms with E-state index in [0.717, 1.165) is 5.56 Å². The van der Waals surface area contributed by atoms with Crippen molar-refractivity contribution in [1.82, 2.24) is 14.1 Å². The molecule has 2 aromatic carbocycles. The number of aromatic nitrogens is 2. The molecule has 130 valence electrons. The minimum atomic E-state index is -3.66. The lowest BCUT2D eigenvalue weighted by Gasteiger charge is -2.16. The van der Waals surface area contributed by atoms with Crippen molar-refractivity contribution in [2.45, 2.75) is 18.0 Å². The number of hydrogen-bond donors (Lipinski definition) is 0. The molecular weight excluding hydrogens is 341 g/mol. The largest absolute Gasteiger partial charge is 0.267 e. The molecular formula is C18H18FN3O2S. The van der Waals surface area contributed by atoms with Crippen LogP contribution in [0, 0.1) is 5.82 Å². The predicted octanol–water partition coefficient (Wildman–Crippen LogP) is 2.89. The Kier molecular flexibility index (Phi) is 4.96. The molecule has 0 spiro atoms. The SMILES string of the molecule is CN(Cc1ccc(F)cc1)S(=O)(=O)c1cnn(Cc2ccccc2)c1. The van der Waals surface area contributed by atoms with Crippen molar-refractivity contribution >= 4 is 10.0 Å². The topological polar surface area (TPSA) is 55.2 Å². The van der Waals surface area contributed by atoms with Gasteiger partial charge < -0.3 is 0 Å². The second kappa shape index (κ2) is 7.16. The van der Waals surface area contributed by atoms with Crippen LogP contribution in [0.1, 0.15) is 11.1 Å². The summed E-state index contributed by atoms with van der Waals surface area (Å²) < 4.78 is 41.1. The second-order valence-electron chi connectivity index (χ2n) is 5.75. The van der Waals surface area contributed by atoms with Gasteiger partial charge in [-0.2, -0.15) is 9.40 Å². The van der Waals surface area contributed by atoms with Gasteiger partial charge in [0.1, 0.15) is 10.7 Å². The Balaban J connectivity index is 1.74. The van der Waals surface area contributed by atoms with Crippen LogP contribution < -0.4 is 0 Å². The van der Waals surface area contributed by atoms with Gasteiger partial charge in [0.05, 0.1) is 12.7 Å². The number of benzene rings is 2. The summed E-state index contributed by atoms with van der Waals surface area (Å²) >= 11 is 0. The fraction of sp³-hybridized carbons (Fsp3) is 0.167. The lowest BCUT2D eigenvalue weighted by Crippen LogP contribution is -2.26. The molecule has 0 aliphatic rings. The molecule has 0 amide bonds. The van der Waals surface area contributed by atoms with E-state index >= 15 is 0 Å². The number of halogens is 1. The summed E-state index contributed by atoms with van der Waals surface area (Å²) in [6.45, 7) is 0.657. The van der Waals surface area contributed by atoms with E-state index in [-0.39, 0.29) is 17.3 Å². The Labute approximate surface area is 146 Å². The number of hydrogen-bond acceptors (Lipinski definition) is 3. The highest BCUT2D eigenvalue weighted by molar-refractivity contribution is 7.89. The quantitative estimate of drug-likeness (QED) is 0.680. The first kappa shape index (κ1) is 17.3. The first-order valence-electron chi connectivity index (χ1n) is 7.72. The van der Waals surface area contributed by atoms with Gasteiger partial charge in [0.25, 0.3) is 0 Å². The first-order chi connectivity index (χ1) is 11.9. The average molecular weight is 359 g/mol. The van der Waals surface area contributed by atoms with Crippen LogP contribution >= 0.6 is 0 Å². The Morgan fingerprint density at radius 3 is 2.40 bits per heavy atom. The molecule has 0 aliphatic heterocycles. The van der Waals surface area contributed by atoms with Gasteiger partial charge in [0, 0.05) is 19.8 Å². The molecule has 0 atom stereocenters. The average Bonchev–Trinajstić information content (AvgIpc) is 3.07. The van der Waals surface area contributed by atoms with E-state index in [0.29, 0.717) is 12.1 Å². The van der Waals surface area contributed by atoms with E-state index in [1.807, 2.05) is 30.3 Å². The molecule has 0 unspecified atom stereocenters. The van der Waals surface area contributed by atoms with Crippen LogP contribution in [0.15, 0.2) is 71.9 Å². The smallest absolute Gasteiger partial charge is 0.246 e. The Hall–Kier alpha value is -2.51. The molecule has 1 aromatic heterocycles. The highest BCUT2D eigenvalue weighted by Gasteiger charge is 2.22. The monoisotopic (exact) mass is 359 g/mol. The fourth-order valence-corrected chi connectivity index (χ4v) is 3.56. The van der Waals surface area contributed by atoms with Crippen molar-refractivity contribution in [1.29, 1.82) is 0 Å². The molecule has 0 bridgehead atoms. The van der Waals surface area contributed by atoms with Crippen LogP contribution in [-0.4, -0.2) is 29.6 Å². The molecule has 3 aromatic rings. The fourth-order valence-electron chi connectivity index (χ4n) is 2.45. The number of nitrogens with zero attached hydrogens (tertiary/aromatic N) is 3. The van der Waals surface area contributed by atoms with Gasteiger partial charge in [-0.15, -0.1) is 0 Å². The Morgan fingerprint density at radius 1 is 1.04 bits per heavy atom. The van der Waals surface area contributed by atoms with Gasteiger partial charge >= 0.3 is 0 Å². The Morgan fingerprint density at radius 2 is 1.72 bits per heavy atom. The molecule has 0 fully saturated rings. The normalized spacial score (nSPS) is 11.8. The van der Waals surface area contributed by atoms with Gasteiger partial charge in [-0.25, -0.2) is 12.8 Å². The third kappa shape index (κ3) is 4.12.